The van der Waals surface area contributed by atoms with Gasteiger partial charge in [0.1, 0.15) is 11.5 Å². The predicted octanol–water partition coefficient (Wildman–Crippen LogP) is 1.85. The minimum absolute atomic E-state index is 0.0739. The Labute approximate surface area is 83.2 Å². The molecule has 14 heavy (non-hydrogen) atoms. The van der Waals surface area contributed by atoms with E-state index in [0.717, 1.165) is 0 Å². The van der Waals surface area contributed by atoms with E-state index in [2.05, 4.69) is 18.8 Å². The van der Waals surface area contributed by atoms with Crippen LogP contribution in [0.1, 0.15) is 20.3 Å². The van der Waals surface area contributed by atoms with Crippen LogP contribution in [0.5, 0.6) is 0 Å². The van der Waals surface area contributed by atoms with Crippen LogP contribution >= 0.6 is 0 Å². The van der Waals surface area contributed by atoms with Crippen molar-refractivity contribution in [3.05, 3.63) is 24.1 Å². The highest BCUT2D eigenvalue weighted by Gasteiger charge is 2.26. The Hall–Kier alpha value is -1.38. The number of allylic oxidation sites excluding steroid dienone is 3. The topological polar surface area (TPSA) is 38.7 Å². The van der Waals surface area contributed by atoms with Crippen LogP contribution < -0.4 is 0 Å². The number of aliphatic imine (C=N–C) groups is 1. The lowest BCUT2D eigenvalue weighted by Crippen LogP contribution is -2.26. The van der Waals surface area contributed by atoms with E-state index in [4.69, 9.17) is 4.74 Å². The van der Waals surface area contributed by atoms with Gasteiger partial charge in [-0.1, -0.05) is 19.9 Å². The maximum atomic E-state index is 11.5. The molecule has 1 saturated heterocycles. The summed E-state index contributed by atoms with van der Waals surface area (Å²) in [4.78, 5) is 15.6. The lowest BCUT2D eigenvalue weighted by Gasteiger charge is -2.19. The van der Waals surface area contributed by atoms with Crippen LogP contribution in [-0.2, 0) is 9.53 Å². The Morgan fingerprint density at radius 3 is 3.07 bits per heavy atom. The van der Waals surface area contributed by atoms with E-state index in [1.165, 1.54) is 0 Å². The molecule has 0 aromatic heterocycles. The summed E-state index contributed by atoms with van der Waals surface area (Å²) in [7, 11) is 0. The van der Waals surface area contributed by atoms with E-state index in [1.54, 1.807) is 6.20 Å². The number of carbonyl (C=O) groups is 1. The molecule has 3 nitrogen and oxygen atoms in total. The number of nitrogens with zero attached hydrogens (tertiary/aromatic N) is 1. The van der Waals surface area contributed by atoms with E-state index in [1.807, 2.05) is 12.2 Å². The van der Waals surface area contributed by atoms with Gasteiger partial charge in [0.05, 0.1) is 6.61 Å². The zero-order valence-electron chi connectivity index (χ0n) is 8.41. The largest absolute Gasteiger partial charge is 0.491 e. The number of ether oxygens (including phenoxy) is 1. The molecule has 0 aromatic carbocycles. The van der Waals surface area contributed by atoms with E-state index in [9.17, 15) is 4.79 Å². The summed E-state index contributed by atoms with van der Waals surface area (Å²) >= 11 is 0. The molecule has 0 unspecified atom stereocenters. The number of hydrogen-bond donors (Lipinski definition) is 0. The average molecular weight is 191 g/mol. The molecule has 2 aliphatic heterocycles. The smallest absolute Gasteiger partial charge is 0.188 e. The summed E-state index contributed by atoms with van der Waals surface area (Å²) in [6.07, 6.45) is 6.03. The summed E-state index contributed by atoms with van der Waals surface area (Å²) in [5.74, 6) is 0.709. The van der Waals surface area contributed by atoms with E-state index in [0.29, 0.717) is 24.5 Å². The van der Waals surface area contributed by atoms with Crippen LogP contribution in [0.3, 0.4) is 0 Å². The third kappa shape index (κ3) is 1.62. The molecule has 0 amide bonds. The van der Waals surface area contributed by atoms with Gasteiger partial charge >= 0.3 is 0 Å². The molecule has 0 saturated carbocycles. The monoisotopic (exact) mass is 191 g/mol. The van der Waals surface area contributed by atoms with Crippen molar-refractivity contribution < 1.29 is 9.53 Å². The van der Waals surface area contributed by atoms with Crippen LogP contribution in [0.4, 0.5) is 0 Å². The van der Waals surface area contributed by atoms with Crippen molar-refractivity contribution in [1.29, 1.82) is 0 Å². The van der Waals surface area contributed by atoms with Gasteiger partial charge in [0.25, 0.3) is 0 Å². The lowest BCUT2D eigenvalue weighted by molar-refractivity contribution is -0.114. The summed E-state index contributed by atoms with van der Waals surface area (Å²) in [6.45, 7) is 4.58. The van der Waals surface area contributed by atoms with Crippen LogP contribution in [-0.4, -0.2) is 18.1 Å². The summed E-state index contributed by atoms with van der Waals surface area (Å²) in [6, 6.07) is 0. The molecule has 1 fully saturated rings. The van der Waals surface area contributed by atoms with Gasteiger partial charge in [-0.3, -0.25) is 4.79 Å². The van der Waals surface area contributed by atoms with E-state index < -0.39 is 0 Å². The lowest BCUT2D eigenvalue weighted by atomic mass is 9.92. The van der Waals surface area contributed by atoms with Crippen LogP contribution in [0, 0.1) is 5.41 Å². The molecule has 0 aliphatic carbocycles. The highest BCUT2D eigenvalue weighted by atomic mass is 16.5. The van der Waals surface area contributed by atoms with Crippen molar-refractivity contribution in [2.75, 3.05) is 6.61 Å². The van der Waals surface area contributed by atoms with Crippen molar-refractivity contribution in [3.63, 3.8) is 0 Å². The second-order valence-corrected chi connectivity index (χ2v) is 4.15. The molecule has 0 radical (unpaired) electrons. The van der Waals surface area contributed by atoms with Crippen molar-refractivity contribution in [1.82, 2.24) is 0 Å². The molecule has 2 heterocycles. The Kier molecular flexibility index (Phi) is 2.02. The van der Waals surface area contributed by atoms with Gasteiger partial charge < -0.3 is 4.74 Å². The summed E-state index contributed by atoms with van der Waals surface area (Å²) in [5.41, 5.74) is 0.371. The maximum Gasteiger partial charge on any atom is 0.188 e. The molecule has 74 valence electrons. The van der Waals surface area contributed by atoms with Gasteiger partial charge in [-0.15, -0.1) is 0 Å². The number of Topliss-reactive ketones (excluding diaryl/α,β-unsaturated/α-hetero) is 1. The zero-order chi connectivity index (χ0) is 10.2. The van der Waals surface area contributed by atoms with Crippen molar-refractivity contribution in [3.8, 4) is 0 Å². The maximum absolute atomic E-state index is 11.5. The van der Waals surface area contributed by atoms with Crippen LogP contribution in [0.15, 0.2) is 29.1 Å². The fourth-order valence-electron chi connectivity index (χ4n) is 1.51. The summed E-state index contributed by atoms with van der Waals surface area (Å²) in [5, 5.41) is 0. The Bertz CT molecular complexity index is 361. The first kappa shape index (κ1) is 9.19. The molecule has 2 rings (SSSR count). The number of hydrogen-bond acceptors (Lipinski definition) is 3. The molecular formula is C11H13NO2. The predicted molar refractivity (Wildman–Crippen MR) is 54.0 cm³/mol. The molecule has 3 heteroatoms. The number of rotatable bonds is 0. The van der Waals surface area contributed by atoms with Gasteiger partial charge in [0, 0.05) is 18.0 Å². The van der Waals surface area contributed by atoms with Crippen LogP contribution in [0.25, 0.3) is 0 Å². The minimum Gasteiger partial charge on any atom is -0.491 e. The highest BCUT2D eigenvalue weighted by molar-refractivity contribution is 6.46. The highest BCUT2D eigenvalue weighted by Crippen LogP contribution is 2.26. The molecular weight excluding hydrogens is 178 g/mol. The van der Waals surface area contributed by atoms with E-state index >= 15 is 0 Å². The fraction of sp³-hybridized carbons (Fsp3) is 0.455. The van der Waals surface area contributed by atoms with E-state index in [-0.39, 0.29) is 11.2 Å². The Morgan fingerprint density at radius 2 is 2.29 bits per heavy atom. The van der Waals surface area contributed by atoms with Gasteiger partial charge in [-0.05, 0) is 6.08 Å². The normalized spacial score (nSPS) is 24.3. The molecule has 0 atom stereocenters. The van der Waals surface area contributed by atoms with Gasteiger partial charge in [0.15, 0.2) is 5.78 Å². The number of carbonyl (C=O) groups excluding carboxylic acids is 1. The second kappa shape index (κ2) is 3.08. The Balaban J connectivity index is 2.43. The third-order valence-electron chi connectivity index (χ3n) is 2.30. The summed E-state index contributed by atoms with van der Waals surface area (Å²) < 4.78 is 5.44. The molecule has 0 N–H and O–H groups in total. The van der Waals surface area contributed by atoms with Crippen molar-refractivity contribution in [2.24, 2.45) is 10.4 Å². The SMILES string of the molecule is CC1(C)C=CN=C2C(=O)CCOC2=C1. The van der Waals surface area contributed by atoms with Crippen molar-refractivity contribution >= 4 is 11.5 Å². The second-order valence-electron chi connectivity index (χ2n) is 4.15. The first-order valence-corrected chi connectivity index (χ1v) is 4.73. The third-order valence-corrected chi connectivity index (χ3v) is 2.30. The molecule has 2 aliphatic rings. The quantitative estimate of drug-likeness (QED) is 0.586. The number of ketones is 1. The average Bonchev–Trinajstić information content (AvgIpc) is 2.23. The Morgan fingerprint density at radius 1 is 1.50 bits per heavy atom. The zero-order valence-corrected chi connectivity index (χ0v) is 8.41. The minimum atomic E-state index is -0.0990. The molecule has 0 spiro atoms. The molecule has 0 bridgehead atoms. The van der Waals surface area contributed by atoms with Gasteiger partial charge in [-0.2, -0.15) is 0 Å². The fourth-order valence-corrected chi connectivity index (χ4v) is 1.51. The number of fused-ring (bicyclic) bond motifs is 1. The van der Waals surface area contributed by atoms with Gasteiger partial charge in [0.2, 0.25) is 0 Å². The first-order chi connectivity index (χ1) is 6.58. The first-order valence-electron chi connectivity index (χ1n) is 4.73. The molecule has 0 aromatic rings. The van der Waals surface area contributed by atoms with Gasteiger partial charge in [-0.25, -0.2) is 4.99 Å². The van der Waals surface area contributed by atoms with Crippen LogP contribution in [0.2, 0.25) is 0 Å². The van der Waals surface area contributed by atoms with Crippen molar-refractivity contribution in [2.45, 2.75) is 20.3 Å². The standard InChI is InChI=1S/C11H13NO2/c1-11(2)4-5-12-10-8(13)3-6-14-9(10)7-11/h4-5,7H,3,6H2,1-2H3.